The topological polar surface area (TPSA) is 102 Å². The van der Waals surface area contributed by atoms with E-state index in [9.17, 15) is 14.9 Å². The van der Waals surface area contributed by atoms with Crippen LogP contribution in [-0.2, 0) is 0 Å². The first-order valence-electron chi connectivity index (χ1n) is 6.51. The third-order valence-corrected chi connectivity index (χ3v) is 3.12. The van der Waals surface area contributed by atoms with E-state index in [1.54, 1.807) is 0 Å². The van der Waals surface area contributed by atoms with Crippen LogP contribution in [0.2, 0.25) is 0 Å². The van der Waals surface area contributed by atoms with Crippen LogP contribution < -0.4 is 9.47 Å². The number of aryl methyl sites for hydroxylation is 1. The number of ether oxygens (including phenoxy) is 2. The molecular weight excluding hydrogens is 300 g/mol. The van der Waals surface area contributed by atoms with E-state index >= 15 is 0 Å². The molecule has 0 fully saturated rings. The van der Waals surface area contributed by atoms with Crippen molar-refractivity contribution in [2.24, 2.45) is 0 Å². The Morgan fingerprint density at radius 3 is 2.52 bits per heavy atom. The summed E-state index contributed by atoms with van der Waals surface area (Å²) < 4.78 is 10.3. The Kier molecular flexibility index (Phi) is 4.57. The van der Waals surface area contributed by atoms with Gasteiger partial charge in [-0.15, -0.1) is 0 Å². The number of nitrogens with zero attached hydrogens (tertiary/aromatic N) is 2. The third-order valence-electron chi connectivity index (χ3n) is 3.12. The number of carbonyl (C=O) groups excluding carboxylic acids is 1. The summed E-state index contributed by atoms with van der Waals surface area (Å²) in [6, 6.07) is 10.3. The molecule has 0 N–H and O–H groups in total. The first-order chi connectivity index (χ1) is 11.0. The van der Waals surface area contributed by atoms with E-state index in [4.69, 9.17) is 14.7 Å². The number of hydrogen-bond donors (Lipinski definition) is 0. The van der Waals surface area contributed by atoms with Crippen molar-refractivity contribution in [3.05, 3.63) is 63.2 Å². The molecular formula is C16H12N2O5. The minimum absolute atomic E-state index is 0.0718. The van der Waals surface area contributed by atoms with Crippen LogP contribution in [0.3, 0.4) is 0 Å². The maximum absolute atomic E-state index is 12.2. The van der Waals surface area contributed by atoms with E-state index < -0.39 is 10.9 Å². The fourth-order valence-electron chi connectivity index (χ4n) is 1.97. The van der Waals surface area contributed by atoms with Crippen molar-refractivity contribution in [3.63, 3.8) is 0 Å². The number of esters is 1. The summed E-state index contributed by atoms with van der Waals surface area (Å²) in [5, 5.41) is 19.6. The maximum Gasteiger partial charge on any atom is 0.343 e. The number of nitriles is 1. The monoisotopic (exact) mass is 312 g/mol. The van der Waals surface area contributed by atoms with Crippen molar-refractivity contribution in [2.45, 2.75) is 6.92 Å². The number of nitro groups is 1. The molecule has 0 unspecified atom stereocenters. The number of carbonyl (C=O) groups is 1. The minimum atomic E-state index is -0.675. The Bertz CT molecular complexity index is 824. The molecule has 2 aromatic rings. The summed E-state index contributed by atoms with van der Waals surface area (Å²) in [6.07, 6.45) is 0. The first-order valence-corrected chi connectivity index (χ1v) is 6.51. The lowest BCUT2D eigenvalue weighted by molar-refractivity contribution is -0.385. The molecule has 0 aliphatic heterocycles. The van der Waals surface area contributed by atoms with Crippen molar-refractivity contribution >= 4 is 11.7 Å². The van der Waals surface area contributed by atoms with E-state index in [1.807, 2.05) is 6.07 Å². The van der Waals surface area contributed by atoms with Crippen LogP contribution in [0, 0.1) is 28.4 Å². The zero-order valence-corrected chi connectivity index (χ0v) is 12.4. The molecule has 116 valence electrons. The molecule has 0 saturated carbocycles. The predicted octanol–water partition coefficient (Wildman–Crippen LogP) is 3.00. The number of benzene rings is 2. The van der Waals surface area contributed by atoms with E-state index in [0.717, 1.165) is 0 Å². The Morgan fingerprint density at radius 1 is 1.22 bits per heavy atom. The van der Waals surface area contributed by atoms with Gasteiger partial charge in [0.1, 0.15) is 0 Å². The fourth-order valence-corrected chi connectivity index (χ4v) is 1.97. The van der Waals surface area contributed by atoms with Gasteiger partial charge in [-0.25, -0.2) is 4.79 Å². The Balaban J connectivity index is 2.28. The van der Waals surface area contributed by atoms with Gasteiger partial charge in [0.15, 0.2) is 11.5 Å². The van der Waals surface area contributed by atoms with Gasteiger partial charge in [0.05, 0.1) is 29.2 Å². The van der Waals surface area contributed by atoms with Gasteiger partial charge in [0.25, 0.3) is 5.69 Å². The van der Waals surface area contributed by atoms with Crippen molar-refractivity contribution in [3.8, 4) is 17.6 Å². The second-order valence-electron chi connectivity index (χ2n) is 4.63. The molecule has 0 aliphatic carbocycles. The lowest BCUT2D eigenvalue weighted by Crippen LogP contribution is -2.10. The maximum atomic E-state index is 12.2. The van der Waals surface area contributed by atoms with Crippen molar-refractivity contribution in [1.29, 1.82) is 5.26 Å². The summed E-state index contributed by atoms with van der Waals surface area (Å²) in [6.45, 7) is 1.54. The van der Waals surface area contributed by atoms with Crippen molar-refractivity contribution < 1.29 is 19.2 Å². The van der Waals surface area contributed by atoms with Gasteiger partial charge in [-0.3, -0.25) is 10.1 Å². The zero-order chi connectivity index (χ0) is 17.0. The predicted molar refractivity (Wildman–Crippen MR) is 80.5 cm³/mol. The normalized spacial score (nSPS) is 9.78. The molecule has 0 aromatic heterocycles. The Morgan fingerprint density at radius 2 is 1.96 bits per heavy atom. The second kappa shape index (κ2) is 6.58. The molecule has 0 amide bonds. The van der Waals surface area contributed by atoms with E-state index in [-0.39, 0.29) is 22.7 Å². The van der Waals surface area contributed by atoms with Gasteiger partial charge in [-0.1, -0.05) is 0 Å². The van der Waals surface area contributed by atoms with Crippen molar-refractivity contribution in [1.82, 2.24) is 0 Å². The third kappa shape index (κ3) is 3.44. The highest BCUT2D eigenvalue weighted by atomic mass is 16.6. The summed E-state index contributed by atoms with van der Waals surface area (Å²) in [7, 11) is 1.39. The van der Waals surface area contributed by atoms with Gasteiger partial charge in [-0.2, -0.15) is 5.26 Å². The van der Waals surface area contributed by atoms with Crippen LogP contribution in [0.25, 0.3) is 0 Å². The molecule has 0 spiro atoms. The molecule has 0 saturated heterocycles. The molecule has 0 bridgehead atoms. The van der Waals surface area contributed by atoms with Gasteiger partial charge in [-0.05, 0) is 31.2 Å². The summed E-state index contributed by atoms with van der Waals surface area (Å²) in [5.74, 6) is -0.269. The standard InChI is InChI=1S/C16H12N2O5/c1-10-7-12(4-5-13(10)18(20)21)16(19)23-14-6-3-11(9-17)8-15(14)22-2/h3-8H,1-2H3. The van der Waals surface area contributed by atoms with Gasteiger partial charge in [0.2, 0.25) is 0 Å². The summed E-state index contributed by atoms with van der Waals surface area (Å²) in [4.78, 5) is 22.4. The lowest BCUT2D eigenvalue weighted by atomic mass is 10.1. The number of hydrogen-bond acceptors (Lipinski definition) is 6. The first kappa shape index (κ1) is 16.0. The highest BCUT2D eigenvalue weighted by molar-refractivity contribution is 5.92. The number of methoxy groups -OCH3 is 1. The van der Waals surface area contributed by atoms with Crippen LogP contribution in [0.1, 0.15) is 21.5 Å². The van der Waals surface area contributed by atoms with E-state index in [2.05, 4.69) is 0 Å². The molecule has 0 radical (unpaired) electrons. The highest BCUT2D eigenvalue weighted by Crippen LogP contribution is 2.29. The van der Waals surface area contributed by atoms with Crippen LogP contribution in [0.15, 0.2) is 36.4 Å². The molecule has 0 atom stereocenters. The van der Waals surface area contributed by atoms with Gasteiger partial charge >= 0.3 is 5.97 Å². The summed E-state index contributed by atoms with van der Waals surface area (Å²) >= 11 is 0. The molecule has 23 heavy (non-hydrogen) atoms. The van der Waals surface area contributed by atoms with Crippen LogP contribution in [0.4, 0.5) is 5.69 Å². The Labute approximate surface area is 131 Å². The molecule has 2 aromatic carbocycles. The smallest absolute Gasteiger partial charge is 0.343 e. The second-order valence-corrected chi connectivity index (χ2v) is 4.63. The average molecular weight is 312 g/mol. The largest absolute Gasteiger partial charge is 0.493 e. The fraction of sp³-hybridized carbons (Fsp3) is 0.125. The number of rotatable bonds is 4. The molecule has 7 nitrogen and oxygen atoms in total. The zero-order valence-electron chi connectivity index (χ0n) is 12.4. The minimum Gasteiger partial charge on any atom is -0.493 e. The van der Waals surface area contributed by atoms with Gasteiger partial charge < -0.3 is 9.47 Å². The van der Waals surface area contributed by atoms with Gasteiger partial charge in [0, 0.05) is 17.7 Å². The quantitative estimate of drug-likeness (QED) is 0.372. The van der Waals surface area contributed by atoms with Crippen LogP contribution in [0.5, 0.6) is 11.5 Å². The molecule has 0 heterocycles. The van der Waals surface area contributed by atoms with E-state index in [1.165, 1.54) is 50.4 Å². The number of nitro benzene ring substituents is 1. The lowest BCUT2D eigenvalue weighted by Gasteiger charge is -2.09. The SMILES string of the molecule is COc1cc(C#N)ccc1OC(=O)c1ccc([N+](=O)[O-])c(C)c1. The van der Waals surface area contributed by atoms with E-state index in [0.29, 0.717) is 11.1 Å². The van der Waals surface area contributed by atoms with Crippen LogP contribution in [-0.4, -0.2) is 18.0 Å². The van der Waals surface area contributed by atoms with Crippen LogP contribution >= 0.6 is 0 Å². The summed E-state index contributed by atoms with van der Waals surface area (Å²) in [5.41, 5.74) is 0.834. The molecule has 2 rings (SSSR count). The highest BCUT2D eigenvalue weighted by Gasteiger charge is 2.17. The Hall–Kier alpha value is -3.40. The molecule has 7 heteroatoms. The molecule has 0 aliphatic rings. The van der Waals surface area contributed by atoms with Crippen molar-refractivity contribution in [2.75, 3.05) is 7.11 Å². The average Bonchev–Trinajstić information content (AvgIpc) is 2.54.